The Balaban J connectivity index is 2.08. The van der Waals surface area contributed by atoms with Crippen LogP contribution >= 0.6 is 0 Å². The number of hydrogen-bond acceptors (Lipinski definition) is 4. The minimum Gasteiger partial charge on any atom is -0.427 e. The summed E-state index contributed by atoms with van der Waals surface area (Å²) in [6, 6.07) is 11.4. The number of benzene rings is 1. The number of carbonyl (C=O) groups excluding carboxylic acids is 2. The molecular weight excluding hydrogens is 344 g/mol. The first-order valence-electron chi connectivity index (χ1n) is 9.02. The molecule has 0 aliphatic carbocycles. The quantitative estimate of drug-likeness (QED) is 0.772. The third-order valence-electron chi connectivity index (χ3n) is 4.62. The summed E-state index contributed by atoms with van der Waals surface area (Å²) in [5.74, 6) is -0.400. The molecule has 1 atom stereocenters. The Morgan fingerprint density at radius 3 is 2.44 bits per heavy atom. The first-order valence-corrected chi connectivity index (χ1v) is 9.02. The highest BCUT2D eigenvalue weighted by atomic mass is 16.4. The van der Waals surface area contributed by atoms with Crippen molar-refractivity contribution in [1.82, 2.24) is 4.90 Å². The van der Waals surface area contributed by atoms with Crippen molar-refractivity contribution in [1.29, 1.82) is 0 Å². The number of amides is 2. The minimum absolute atomic E-state index is 0.000583. The van der Waals surface area contributed by atoms with Crippen LogP contribution in [0, 0.1) is 6.92 Å². The second kappa shape index (κ2) is 9.16. The van der Waals surface area contributed by atoms with Gasteiger partial charge in [0, 0.05) is 25.9 Å². The minimum atomic E-state index is -0.646. The third-order valence-corrected chi connectivity index (χ3v) is 4.62. The fourth-order valence-electron chi connectivity index (χ4n) is 2.97. The van der Waals surface area contributed by atoms with Gasteiger partial charge in [-0.15, -0.1) is 0 Å². The van der Waals surface area contributed by atoms with Crippen LogP contribution in [0.5, 0.6) is 0 Å². The normalized spacial score (nSPS) is 11.8. The number of primary amides is 1. The lowest BCUT2D eigenvalue weighted by Gasteiger charge is -2.24. The summed E-state index contributed by atoms with van der Waals surface area (Å²) in [6.07, 6.45) is 2.38. The fraction of sp³-hybridized carbons (Fsp3) is 0.381. The summed E-state index contributed by atoms with van der Waals surface area (Å²) in [4.78, 5) is 37.4. The lowest BCUT2D eigenvalue weighted by molar-refractivity contribution is -0.118. The van der Waals surface area contributed by atoms with Crippen molar-refractivity contribution in [3.05, 3.63) is 69.3 Å². The van der Waals surface area contributed by atoms with Crippen molar-refractivity contribution < 1.29 is 14.0 Å². The van der Waals surface area contributed by atoms with Gasteiger partial charge in [0.1, 0.15) is 11.3 Å². The Kier molecular flexibility index (Phi) is 6.93. The Bertz CT molecular complexity index is 858. The zero-order chi connectivity index (χ0) is 20.0. The molecule has 0 saturated heterocycles. The number of nitrogens with zero attached hydrogens (tertiary/aromatic N) is 1. The van der Waals surface area contributed by atoms with Crippen molar-refractivity contribution in [2.45, 2.75) is 45.6 Å². The average molecular weight is 370 g/mol. The van der Waals surface area contributed by atoms with Gasteiger partial charge in [-0.05, 0) is 43.9 Å². The number of carbonyl (C=O) groups is 2. The molecule has 2 aromatic rings. The molecule has 1 aromatic heterocycles. The van der Waals surface area contributed by atoms with Gasteiger partial charge in [0.05, 0.1) is 0 Å². The predicted octanol–water partition coefficient (Wildman–Crippen LogP) is 2.46. The number of nitrogens with two attached hydrogens (primary N) is 1. The van der Waals surface area contributed by atoms with Gasteiger partial charge in [-0.1, -0.05) is 30.3 Å². The van der Waals surface area contributed by atoms with E-state index in [2.05, 4.69) is 12.1 Å². The second-order valence-electron chi connectivity index (χ2n) is 6.83. The fourth-order valence-corrected chi connectivity index (χ4v) is 2.97. The average Bonchev–Trinajstić information content (AvgIpc) is 2.60. The van der Waals surface area contributed by atoms with Crippen LogP contribution in [0.4, 0.5) is 0 Å². The van der Waals surface area contributed by atoms with Crippen LogP contribution in [-0.4, -0.2) is 29.8 Å². The Labute approximate surface area is 159 Å². The van der Waals surface area contributed by atoms with E-state index in [4.69, 9.17) is 10.2 Å². The van der Waals surface area contributed by atoms with Crippen molar-refractivity contribution in [3.63, 3.8) is 0 Å². The maximum atomic E-state index is 12.6. The summed E-state index contributed by atoms with van der Waals surface area (Å²) in [6.45, 7) is 3.43. The first-order chi connectivity index (χ1) is 12.8. The Morgan fingerprint density at radius 2 is 1.85 bits per heavy atom. The topological polar surface area (TPSA) is 93.6 Å². The molecule has 0 aliphatic heterocycles. The molecule has 27 heavy (non-hydrogen) atoms. The highest BCUT2D eigenvalue weighted by molar-refractivity contribution is 5.95. The zero-order valence-electron chi connectivity index (χ0n) is 16.0. The van der Waals surface area contributed by atoms with Crippen LogP contribution in [0.25, 0.3) is 0 Å². The van der Waals surface area contributed by atoms with Crippen LogP contribution < -0.4 is 11.4 Å². The van der Waals surface area contributed by atoms with E-state index in [1.165, 1.54) is 10.5 Å². The first kappa shape index (κ1) is 20.4. The summed E-state index contributed by atoms with van der Waals surface area (Å²) >= 11 is 0. The molecule has 2 rings (SSSR count). The molecule has 1 aromatic carbocycles. The van der Waals surface area contributed by atoms with E-state index < -0.39 is 23.5 Å². The zero-order valence-corrected chi connectivity index (χ0v) is 16.0. The van der Waals surface area contributed by atoms with E-state index in [-0.39, 0.29) is 12.0 Å². The van der Waals surface area contributed by atoms with E-state index >= 15 is 0 Å². The molecule has 2 N–H and O–H groups in total. The molecule has 0 fully saturated rings. The molecule has 6 nitrogen and oxygen atoms in total. The van der Waals surface area contributed by atoms with Gasteiger partial charge in [0.2, 0.25) is 5.91 Å². The van der Waals surface area contributed by atoms with Gasteiger partial charge in [-0.2, -0.15) is 0 Å². The lowest BCUT2D eigenvalue weighted by atomic mass is 10.0. The summed E-state index contributed by atoms with van der Waals surface area (Å²) in [5, 5.41) is 0. The number of rotatable bonds is 8. The molecule has 6 heteroatoms. The number of hydrogen-bond donors (Lipinski definition) is 1. The van der Waals surface area contributed by atoms with Crippen LogP contribution in [0.2, 0.25) is 0 Å². The van der Waals surface area contributed by atoms with Crippen LogP contribution in [0.3, 0.4) is 0 Å². The number of aryl methyl sites for hydroxylation is 3. The summed E-state index contributed by atoms with van der Waals surface area (Å²) in [7, 11) is 1.54. The highest BCUT2D eigenvalue weighted by Gasteiger charge is 2.24. The molecule has 0 radical (unpaired) electrons. The molecule has 0 bridgehead atoms. The van der Waals surface area contributed by atoms with E-state index in [9.17, 15) is 14.4 Å². The van der Waals surface area contributed by atoms with Crippen molar-refractivity contribution in [2.24, 2.45) is 5.73 Å². The maximum Gasteiger partial charge on any atom is 0.349 e. The Morgan fingerprint density at radius 1 is 1.19 bits per heavy atom. The van der Waals surface area contributed by atoms with E-state index in [1.54, 1.807) is 27.0 Å². The lowest BCUT2D eigenvalue weighted by Crippen LogP contribution is -2.40. The second-order valence-corrected chi connectivity index (χ2v) is 6.83. The van der Waals surface area contributed by atoms with Crippen molar-refractivity contribution in [3.8, 4) is 0 Å². The Hall–Kier alpha value is -2.89. The molecule has 1 unspecified atom stereocenters. The van der Waals surface area contributed by atoms with Crippen LogP contribution in [0.15, 0.2) is 45.6 Å². The van der Waals surface area contributed by atoms with Gasteiger partial charge in [0.15, 0.2) is 0 Å². The van der Waals surface area contributed by atoms with Gasteiger partial charge >= 0.3 is 5.63 Å². The third kappa shape index (κ3) is 5.54. The SMILES string of the molecule is Cc1cc(CCCc2ccccc2)oc(=O)c1C(=O)N(C)C(C)CC(N)=O. The maximum absolute atomic E-state index is 12.6. The smallest absolute Gasteiger partial charge is 0.349 e. The predicted molar refractivity (Wildman–Crippen MR) is 104 cm³/mol. The molecular formula is C21H26N2O4. The van der Waals surface area contributed by atoms with Gasteiger partial charge in [-0.25, -0.2) is 4.79 Å². The van der Waals surface area contributed by atoms with Gasteiger partial charge < -0.3 is 15.1 Å². The molecule has 0 saturated carbocycles. The molecule has 2 amide bonds. The largest absolute Gasteiger partial charge is 0.427 e. The molecule has 0 spiro atoms. The highest BCUT2D eigenvalue weighted by Crippen LogP contribution is 2.14. The van der Waals surface area contributed by atoms with Crippen LogP contribution in [-0.2, 0) is 17.6 Å². The van der Waals surface area contributed by atoms with Crippen LogP contribution in [0.1, 0.15) is 47.0 Å². The van der Waals surface area contributed by atoms with E-state index in [1.807, 2.05) is 18.2 Å². The molecule has 1 heterocycles. The summed E-state index contributed by atoms with van der Waals surface area (Å²) in [5.41, 5.74) is 6.34. The molecule has 0 aliphatic rings. The molecule has 144 valence electrons. The van der Waals surface area contributed by atoms with E-state index in [0.717, 1.165) is 12.8 Å². The van der Waals surface area contributed by atoms with Gasteiger partial charge in [0.25, 0.3) is 5.91 Å². The van der Waals surface area contributed by atoms with Gasteiger partial charge in [-0.3, -0.25) is 9.59 Å². The summed E-state index contributed by atoms with van der Waals surface area (Å²) < 4.78 is 5.36. The van der Waals surface area contributed by atoms with E-state index in [0.29, 0.717) is 17.7 Å². The van der Waals surface area contributed by atoms with Crippen molar-refractivity contribution >= 4 is 11.8 Å². The monoisotopic (exact) mass is 370 g/mol. The standard InChI is InChI=1S/C21H26N2O4/c1-14-12-17(11-7-10-16-8-5-4-6-9-16)27-21(26)19(14)20(25)23(3)15(2)13-18(22)24/h4-6,8-9,12,15H,7,10-11,13H2,1-3H3,(H2,22,24). The van der Waals surface area contributed by atoms with Crippen molar-refractivity contribution in [2.75, 3.05) is 7.05 Å².